The summed E-state index contributed by atoms with van der Waals surface area (Å²) in [5.41, 5.74) is 24.5. The van der Waals surface area contributed by atoms with E-state index in [0.717, 1.165) is 18.7 Å². The first-order valence-electron chi connectivity index (χ1n) is 20.3. The molecule has 0 radical (unpaired) electrons. The zero-order valence-electron chi connectivity index (χ0n) is 32.7. The van der Waals surface area contributed by atoms with Gasteiger partial charge in [-0.3, -0.25) is 0 Å². The Morgan fingerprint density at radius 3 is 1.88 bits per heavy atom. The largest absolute Gasteiger partial charge is 0.355 e. The number of para-hydroxylation sites is 3. The zero-order valence-corrected chi connectivity index (χ0v) is 32.7. The molecule has 12 rings (SSSR count). The number of hydrogen-bond donors (Lipinski definition) is 1. The predicted octanol–water partition coefficient (Wildman–Crippen LogP) is 12.2. The maximum absolute atomic E-state index is 3.95. The molecule has 57 heavy (non-hydrogen) atoms. The lowest BCUT2D eigenvalue weighted by molar-refractivity contribution is 0.660. The second kappa shape index (κ2) is 11.5. The minimum Gasteiger partial charge on any atom is -0.355 e. The second-order valence-electron chi connectivity index (χ2n) is 17.4. The third kappa shape index (κ3) is 4.43. The first kappa shape index (κ1) is 32.6. The minimum atomic E-state index is -0.124. The van der Waals surface area contributed by atoms with Crippen molar-refractivity contribution in [2.45, 2.75) is 38.5 Å². The van der Waals surface area contributed by atoms with Crippen molar-refractivity contribution in [3.8, 4) is 50.2 Å². The first-order valence-corrected chi connectivity index (χ1v) is 20.3. The highest BCUT2D eigenvalue weighted by Crippen LogP contribution is 2.54. The molecular formula is C54H41BN2. The highest BCUT2D eigenvalue weighted by atomic mass is 15.0. The van der Waals surface area contributed by atoms with Crippen LogP contribution < -0.4 is 16.2 Å². The normalized spacial score (nSPS) is 14.7. The average Bonchev–Trinajstić information content (AvgIpc) is 3.79. The monoisotopic (exact) mass is 728 g/mol. The molecule has 0 saturated heterocycles. The van der Waals surface area contributed by atoms with E-state index in [-0.39, 0.29) is 10.8 Å². The molecule has 0 bridgehead atoms. The molecule has 0 atom stereocenters. The molecule has 0 unspecified atom stereocenters. The lowest BCUT2D eigenvalue weighted by Crippen LogP contribution is -2.37. The van der Waals surface area contributed by atoms with Gasteiger partial charge in [0.2, 0.25) is 0 Å². The Hall–Kier alpha value is -6.58. The van der Waals surface area contributed by atoms with E-state index in [1.807, 2.05) is 0 Å². The van der Waals surface area contributed by atoms with Crippen LogP contribution in [0.4, 0.5) is 11.4 Å². The SMILES string of the molecule is CC1(C)c2ccccc2-c2cc(-c3cc(-c4cc5c(cc4Nc4ccccc4)C(C)(C)c4ccccc4-5)c4c5c3c3ccccc3n5-c3ccccc3B4)ccc21. The Morgan fingerprint density at radius 2 is 1.09 bits per heavy atom. The quantitative estimate of drug-likeness (QED) is 0.179. The molecule has 0 saturated carbocycles. The summed E-state index contributed by atoms with van der Waals surface area (Å²) in [6.45, 7) is 9.49. The van der Waals surface area contributed by atoms with Crippen molar-refractivity contribution in [3.63, 3.8) is 0 Å². The number of fused-ring (bicyclic) bond motifs is 11. The van der Waals surface area contributed by atoms with Crippen molar-refractivity contribution in [1.29, 1.82) is 0 Å². The van der Waals surface area contributed by atoms with Crippen molar-refractivity contribution >= 4 is 51.4 Å². The Bertz CT molecular complexity index is 3180. The maximum Gasteiger partial charge on any atom is 0.198 e. The van der Waals surface area contributed by atoms with Gasteiger partial charge in [0.05, 0.1) is 5.52 Å². The van der Waals surface area contributed by atoms with Crippen LogP contribution in [0.25, 0.3) is 72.0 Å². The third-order valence-corrected chi connectivity index (χ3v) is 13.6. The number of hydrogen-bond acceptors (Lipinski definition) is 1. The number of nitrogens with one attached hydrogen (secondary N) is 1. The van der Waals surface area contributed by atoms with Crippen LogP contribution in [0.1, 0.15) is 49.9 Å². The van der Waals surface area contributed by atoms with Gasteiger partial charge >= 0.3 is 0 Å². The Kier molecular flexibility index (Phi) is 6.58. The van der Waals surface area contributed by atoms with Crippen LogP contribution >= 0.6 is 0 Å². The summed E-state index contributed by atoms with van der Waals surface area (Å²) >= 11 is 0. The van der Waals surface area contributed by atoms with E-state index in [9.17, 15) is 0 Å². The standard InChI is InChI=1S/C54H41BN2/c1-53(2)42-21-11-8-18-34(42)38-28-32(26-27-44(38)53)37-29-41(51-52-50(37)36-20-10-14-24-48(36)57(52)49-25-15-13-23-46(49)55-51)40-30-39-35-19-9-12-22-43(35)54(3,4)45(39)31-47(40)56-33-16-6-5-7-17-33/h5-31,55-56H,1-4H3. The molecule has 2 heterocycles. The molecule has 0 spiro atoms. The van der Waals surface area contributed by atoms with E-state index in [0.29, 0.717) is 0 Å². The van der Waals surface area contributed by atoms with Gasteiger partial charge in [0.15, 0.2) is 7.28 Å². The van der Waals surface area contributed by atoms with Gasteiger partial charge in [-0.1, -0.05) is 148 Å². The van der Waals surface area contributed by atoms with E-state index in [1.54, 1.807) is 0 Å². The molecule has 2 aliphatic carbocycles. The lowest BCUT2D eigenvalue weighted by atomic mass is 9.58. The van der Waals surface area contributed by atoms with Crippen LogP contribution in [0.15, 0.2) is 164 Å². The van der Waals surface area contributed by atoms with Gasteiger partial charge in [0.1, 0.15) is 0 Å². The van der Waals surface area contributed by atoms with Crippen LogP contribution in [-0.2, 0) is 10.8 Å². The van der Waals surface area contributed by atoms with Gasteiger partial charge in [-0.05, 0) is 115 Å². The highest BCUT2D eigenvalue weighted by molar-refractivity contribution is 6.73. The molecule has 9 aromatic rings. The molecule has 1 aliphatic heterocycles. The summed E-state index contributed by atoms with van der Waals surface area (Å²) in [7, 11) is 0.855. The highest BCUT2D eigenvalue weighted by Gasteiger charge is 2.38. The average molecular weight is 729 g/mol. The first-order chi connectivity index (χ1) is 27.8. The number of aromatic nitrogens is 1. The molecule has 270 valence electrons. The fourth-order valence-corrected chi connectivity index (χ4v) is 10.8. The summed E-state index contributed by atoms with van der Waals surface area (Å²) in [6.07, 6.45) is 0. The maximum atomic E-state index is 3.95. The fraction of sp³-hybridized carbons (Fsp3) is 0.111. The molecule has 0 fully saturated rings. The number of benzene rings is 8. The molecule has 2 nitrogen and oxygen atoms in total. The van der Waals surface area contributed by atoms with Crippen molar-refractivity contribution in [2.75, 3.05) is 5.32 Å². The van der Waals surface area contributed by atoms with Crippen molar-refractivity contribution < 1.29 is 0 Å². The Morgan fingerprint density at radius 1 is 0.474 bits per heavy atom. The Balaban J connectivity index is 1.22. The molecule has 8 aromatic carbocycles. The van der Waals surface area contributed by atoms with E-state index in [4.69, 9.17) is 0 Å². The van der Waals surface area contributed by atoms with Gasteiger partial charge in [-0.2, -0.15) is 0 Å². The minimum absolute atomic E-state index is 0.0537. The third-order valence-electron chi connectivity index (χ3n) is 13.6. The Labute approximate surface area is 334 Å². The lowest BCUT2D eigenvalue weighted by Gasteiger charge is -2.26. The van der Waals surface area contributed by atoms with E-state index >= 15 is 0 Å². The molecule has 1 aromatic heterocycles. The van der Waals surface area contributed by atoms with E-state index in [2.05, 4.69) is 201 Å². The van der Waals surface area contributed by atoms with Crippen LogP contribution in [0.2, 0.25) is 0 Å². The molecular weight excluding hydrogens is 687 g/mol. The topological polar surface area (TPSA) is 17.0 Å². The van der Waals surface area contributed by atoms with Gasteiger partial charge in [0, 0.05) is 49.7 Å². The summed E-state index contributed by atoms with van der Waals surface area (Å²) in [5, 5.41) is 6.57. The van der Waals surface area contributed by atoms with Crippen LogP contribution in [0.3, 0.4) is 0 Å². The van der Waals surface area contributed by atoms with Gasteiger partial charge < -0.3 is 9.88 Å². The van der Waals surface area contributed by atoms with Crippen molar-refractivity contribution in [1.82, 2.24) is 4.57 Å². The van der Waals surface area contributed by atoms with Crippen LogP contribution in [0, 0.1) is 0 Å². The van der Waals surface area contributed by atoms with Crippen molar-refractivity contribution in [2.24, 2.45) is 0 Å². The van der Waals surface area contributed by atoms with Gasteiger partial charge in [-0.15, -0.1) is 0 Å². The zero-order chi connectivity index (χ0) is 38.2. The smallest absolute Gasteiger partial charge is 0.198 e. The van der Waals surface area contributed by atoms with Crippen molar-refractivity contribution in [3.05, 3.63) is 186 Å². The fourth-order valence-electron chi connectivity index (χ4n) is 10.8. The number of nitrogens with zero attached hydrogens (tertiary/aromatic N) is 1. The van der Waals surface area contributed by atoms with E-state index in [1.165, 1.54) is 105 Å². The van der Waals surface area contributed by atoms with Crippen LogP contribution in [-0.4, -0.2) is 11.8 Å². The molecule has 1 N–H and O–H groups in total. The predicted molar refractivity (Wildman–Crippen MR) is 243 cm³/mol. The molecule has 0 amide bonds. The van der Waals surface area contributed by atoms with Gasteiger partial charge in [0.25, 0.3) is 0 Å². The summed E-state index contributed by atoms with van der Waals surface area (Å²) in [5.74, 6) is 0. The summed E-state index contributed by atoms with van der Waals surface area (Å²) in [6, 6.07) is 61.5. The van der Waals surface area contributed by atoms with Gasteiger partial charge in [-0.25, -0.2) is 0 Å². The molecule has 3 heteroatoms. The summed E-state index contributed by atoms with van der Waals surface area (Å²) < 4.78 is 2.56. The summed E-state index contributed by atoms with van der Waals surface area (Å²) in [4.78, 5) is 0. The second-order valence-corrected chi connectivity index (χ2v) is 17.4. The number of anilines is 2. The van der Waals surface area contributed by atoms with Crippen LogP contribution in [0.5, 0.6) is 0 Å². The molecule has 3 aliphatic rings. The van der Waals surface area contributed by atoms with E-state index < -0.39 is 0 Å². The number of rotatable bonds is 4.